The van der Waals surface area contributed by atoms with Crippen LogP contribution in [0, 0.1) is 5.92 Å². The van der Waals surface area contributed by atoms with Gasteiger partial charge in [-0.25, -0.2) is 4.79 Å². The average molecular weight is 316 g/mol. The normalized spacial score (nSPS) is 27.7. The highest BCUT2D eigenvalue weighted by atomic mass is 16.6. The van der Waals surface area contributed by atoms with Gasteiger partial charge in [0, 0.05) is 25.2 Å². The number of piperidine rings is 2. The zero-order valence-corrected chi connectivity index (χ0v) is 14.4. The van der Waals surface area contributed by atoms with E-state index in [0.29, 0.717) is 12.0 Å². The van der Waals surface area contributed by atoms with E-state index in [1.54, 1.807) is 0 Å². The van der Waals surface area contributed by atoms with Gasteiger partial charge in [0.2, 0.25) is 0 Å². The standard InChI is InChI=1S/C19H28N2O2/c1-19(2,3)23-18(22)20-16-11-15-9-10-17(16)21(13-15)12-14-7-5-4-6-8-14/h4-8,15-17H,9-13H2,1-3H3,(H,20,22). The summed E-state index contributed by atoms with van der Waals surface area (Å²) in [5.41, 5.74) is 0.901. The Labute approximate surface area is 139 Å². The minimum atomic E-state index is -0.443. The monoisotopic (exact) mass is 316 g/mol. The van der Waals surface area contributed by atoms with Crippen molar-refractivity contribution >= 4 is 6.09 Å². The fourth-order valence-electron chi connectivity index (χ4n) is 3.93. The number of nitrogens with zero attached hydrogens (tertiary/aromatic N) is 1. The van der Waals surface area contributed by atoms with Crippen molar-refractivity contribution in [3.8, 4) is 0 Å². The minimum Gasteiger partial charge on any atom is -0.444 e. The van der Waals surface area contributed by atoms with Gasteiger partial charge in [0.25, 0.3) is 0 Å². The summed E-state index contributed by atoms with van der Waals surface area (Å²) in [4.78, 5) is 14.7. The van der Waals surface area contributed by atoms with Gasteiger partial charge in [0.15, 0.2) is 0 Å². The van der Waals surface area contributed by atoms with Crippen molar-refractivity contribution < 1.29 is 9.53 Å². The number of carbonyl (C=O) groups excluding carboxylic acids is 1. The molecule has 126 valence electrons. The molecule has 0 aromatic heterocycles. The quantitative estimate of drug-likeness (QED) is 0.927. The average Bonchev–Trinajstić information content (AvgIpc) is 2.46. The van der Waals surface area contributed by atoms with E-state index < -0.39 is 5.60 Å². The van der Waals surface area contributed by atoms with Gasteiger partial charge in [0.05, 0.1) is 0 Å². The highest BCUT2D eigenvalue weighted by molar-refractivity contribution is 5.68. The maximum Gasteiger partial charge on any atom is 0.407 e. The van der Waals surface area contributed by atoms with Gasteiger partial charge in [-0.2, -0.15) is 0 Å². The van der Waals surface area contributed by atoms with E-state index in [1.165, 1.54) is 12.0 Å². The summed E-state index contributed by atoms with van der Waals surface area (Å²) in [6.45, 7) is 7.82. The van der Waals surface area contributed by atoms with Gasteiger partial charge in [-0.15, -0.1) is 0 Å². The Morgan fingerprint density at radius 3 is 2.65 bits per heavy atom. The van der Waals surface area contributed by atoms with Crippen molar-refractivity contribution in [2.24, 2.45) is 5.92 Å². The van der Waals surface area contributed by atoms with Crippen LogP contribution >= 0.6 is 0 Å². The predicted molar refractivity (Wildman–Crippen MR) is 91.1 cm³/mol. The molecule has 1 saturated carbocycles. The summed E-state index contributed by atoms with van der Waals surface area (Å²) < 4.78 is 5.43. The molecule has 23 heavy (non-hydrogen) atoms. The molecule has 1 aromatic rings. The number of amides is 1. The van der Waals surface area contributed by atoms with Crippen molar-refractivity contribution in [2.45, 2.75) is 64.3 Å². The van der Waals surface area contributed by atoms with Gasteiger partial charge in [-0.05, 0) is 51.5 Å². The van der Waals surface area contributed by atoms with E-state index in [0.717, 1.165) is 25.9 Å². The number of hydrogen-bond donors (Lipinski definition) is 1. The number of hydrogen-bond acceptors (Lipinski definition) is 3. The number of carbonyl (C=O) groups is 1. The first-order valence-corrected chi connectivity index (χ1v) is 8.68. The number of fused-ring (bicyclic) bond motifs is 3. The number of nitrogens with one attached hydrogen (secondary N) is 1. The van der Waals surface area contributed by atoms with Crippen LogP contribution in [0.4, 0.5) is 4.79 Å². The SMILES string of the molecule is CC(C)(C)OC(=O)NC1CC2CCC1N(Cc1ccccc1)C2. The number of ether oxygens (including phenoxy) is 1. The molecule has 2 heterocycles. The molecule has 1 aliphatic carbocycles. The largest absolute Gasteiger partial charge is 0.444 e. The minimum absolute atomic E-state index is 0.209. The summed E-state index contributed by atoms with van der Waals surface area (Å²) in [5, 5.41) is 3.12. The van der Waals surface area contributed by atoms with Crippen molar-refractivity contribution in [1.29, 1.82) is 0 Å². The predicted octanol–water partition coefficient (Wildman–Crippen LogP) is 3.56. The molecular formula is C19H28N2O2. The van der Waals surface area contributed by atoms with Crippen LogP contribution in [0.15, 0.2) is 30.3 Å². The maximum absolute atomic E-state index is 12.1. The first-order valence-electron chi connectivity index (χ1n) is 8.68. The molecule has 0 spiro atoms. The summed E-state index contributed by atoms with van der Waals surface area (Å²) in [5.74, 6) is 0.684. The molecule has 1 N–H and O–H groups in total. The third-order valence-corrected chi connectivity index (χ3v) is 4.81. The summed E-state index contributed by atoms with van der Waals surface area (Å²) in [6.07, 6.45) is 3.24. The maximum atomic E-state index is 12.1. The molecule has 1 aromatic carbocycles. The molecule has 2 aliphatic heterocycles. The van der Waals surface area contributed by atoms with E-state index in [1.807, 2.05) is 20.8 Å². The van der Waals surface area contributed by atoms with Crippen LogP contribution < -0.4 is 5.32 Å². The second-order valence-electron chi connectivity index (χ2n) is 7.91. The first kappa shape index (κ1) is 16.3. The van der Waals surface area contributed by atoms with E-state index in [9.17, 15) is 4.79 Å². The highest BCUT2D eigenvalue weighted by Gasteiger charge is 2.41. The van der Waals surface area contributed by atoms with Crippen LogP contribution in [0.5, 0.6) is 0 Å². The molecule has 2 bridgehead atoms. The zero-order chi connectivity index (χ0) is 16.4. The number of alkyl carbamates (subject to hydrolysis) is 1. The second kappa shape index (κ2) is 6.52. The molecule has 1 amide bonds. The summed E-state index contributed by atoms with van der Waals surface area (Å²) in [6, 6.07) is 11.2. The smallest absolute Gasteiger partial charge is 0.407 e. The molecule has 3 unspecified atom stereocenters. The van der Waals surface area contributed by atoms with Crippen molar-refractivity contribution in [3.63, 3.8) is 0 Å². The van der Waals surface area contributed by atoms with Crippen LogP contribution in [0.25, 0.3) is 0 Å². The molecule has 4 rings (SSSR count). The lowest BCUT2D eigenvalue weighted by atomic mass is 9.76. The lowest BCUT2D eigenvalue weighted by Gasteiger charge is -2.50. The molecule has 4 nitrogen and oxygen atoms in total. The van der Waals surface area contributed by atoms with Crippen LogP contribution in [0.3, 0.4) is 0 Å². The van der Waals surface area contributed by atoms with Crippen LogP contribution in [0.1, 0.15) is 45.6 Å². The van der Waals surface area contributed by atoms with E-state index in [-0.39, 0.29) is 12.1 Å². The van der Waals surface area contributed by atoms with Crippen LogP contribution in [0.2, 0.25) is 0 Å². The Hall–Kier alpha value is -1.55. The fourth-order valence-corrected chi connectivity index (χ4v) is 3.93. The fraction of sp³-hybridized carbons (Fsp3) is 0.632. The third-order valence-electron chi connectivity index (χ3n) is 4.81. The Bertz CT molecular complexity index is 538. The molecule has 2 saturated heterocycles. The zero-order valence-electron chi connectivity index (χ0n) is 14.4. The second-order valence-corrected chi connectivity index (χ2v) is 7.91. The molecule has 4 heteroatoms. The molecule has 3 atom stereocenters. The van der Waals surface area contributed by atoms with Gasteiger partial charge in [-0.3, -0.25) is 4.90 Å². The Kier molecular flexibility index (Phi) is 4.62. The van der Waals surface area contributed by atoms with Gasteiger partial charge >= 0.3 is 6.09 Å². The molecular weight excluding hydrogens is 288 g/mol. The van der Waals surface area contributed by atoms with Crippen molar-refractivity contribution in [2.75, 3.05) is 6.54 Å². The highest BCUT2D eigenvalue weighted by Crippen LogP contribution is 2.36. The lowest BCUT2D eigenvalue weighted by Crippen LogP contribution is -2.60. The van der Waals surface area contributed by atoms with Crippen LogP contribution in [-0.4, -0.2) is 35.2 Å². The lowest BCUT2D eigenvalue weighted by molar-refractivity contribution is 0.00354. The summed E-state index contributed by atoms with van der Waals surface area (Å²) >= 11 is 0. The Balaban J connectivity index is 1.63. The molecule has 3 aliphatic rings. The Morgan fingerprint density at radius 2 is 2.00 bits per heavy atom. The van der Waals surface area contributed by atoms with E-state index in [4.69, 9.17) is 4.74 Å². The molecule has 3 fully saturated rings. The summed E-state index contributed by atoms with van der Waals surface area (Å²) in [7, 11) is 0. The third kappa shape index (κ3) is 4.25. The van der Waals surface area contributed by atoms with Crippen LogP contribution in [-0.2, 0) is 11.3 Å². The Morgan fingerprint density at radius 1 is 1.26 bits per heavy atom. The number of benzene rings is 1. The molecule has 0 radical (unpaired) electrons. The van der Waals surface area contributed by atoms with Gasteiger partial charge in [-0.1, -0.05) is 30.3 Å². The van der Waals surface area contributed by atoms with E-state index >= 15 is 0 Å². The van der Waals surface area contributed by atoms with Crippen molar-refractivity contribution in [1.82, 2.24) is 10.2 Å². The first-order chi connectivity index (χ1) is 10.9. The topological polar surface area (TPSA) is 41.6 Å². The van der Waals surface area contributed by atoms with E-state index in [2.05, 4.69) is 40.5 Å². The van der Waals surface area contributed by atoms with Crippen molar-refractivity contribution in [3.05, 3.63) is 35.9 Å². The number of rotatable bonds is 3. The van der Waals surface area contributed by atoms with Gasteiger partial charge in [0.1, 0.15) is 5.60 Å². The van der Waals surface area contributed by atoms with Gasteiger partial charge < -0.3 is 10.1 Å².